The van der Waals surface area contributed by atoms with Crippen molar-refractivity contribution in [3.05, 3.63) is 88.4 Å². The fourth-order valence-electron chi connectivity index (χ4n) is 4.03. The van der Waals surface area contributed by atoms with Gasteiger partial charge in [0.2, 0.25) is 0 Å². The predicted octanol–water partition coefficient (Wildman–Crippen LogP) is 5.92. The number of hydrogen-bond donors (Lipinski definition) is 1. The number of nitrogens with zero attached hydrogens (tertiary/aromatic N) is 1. The molecule has 1 N–H and O–H groups in total. The SMILES string of the molecule is CC(F)(F)c1cc(Cl)cc(-c2cccc(OCC(O)CN3CCc4ccccc4C3)c2)c1. The molecule has 0 spiro atoms. The topological polar surface area (TPSA) is 32.7 Å². The number of hydrogen-bond acceptors (Lipinski definition) is 3. The van der Waals surface area contributed by atoms with Crippen LogP contribution in [0.2, 0.25) is 5.02 Å². The van der Waals surface area contributed by atoms with E-state index in [9.17, 15) is 13.9 Å². The first-order chi connectivity index (χ1) is 15.3. The Hall–Kier alpha value is -2.47. The average Bonchev–Trinajstić information content (AvgIpc) is 2.77. The van der Waals surface area contributed by atoms with Gasteiger partial charge in [-0.1, -0.05) is 48.0 Å². The second-order valence-electron chi connectivity index (χ2n) is 8.36. The van der Waals surface area contributed by atoms with Crippen molar-refractivity contribution in [3.63, 3.8) is 0 Å². The van der Waals surface area contributed by atoms with Crippen LogP contribution in [-0.4, -0.2) is 35.8 Å². The van der Waals surface area contributed by atoms with Gasteiger partial charge in [-0.3, -0.25) is 4.90 Å². The number of β-amino-alcohol motifs (C(OH)–C–C–N with tert-alkyl or cyclic N) is 1. The van der Waals surface area contributed by atoms with E-state index in [1.54, 1.807) is 24.3 Å². The number of benzene rings is 3. The van der Waals surface area contributed by atoms with Crippen LogP contribution in [0.4, 0.5) is 8.78 Å². The van der Waals surface area contributed by atoms with E-state index in [0.717, 1.165) is 32.0 Å². The standard InChI is InChI=1S/C26H26ClF2NO2/c1-26(28,29)22-11-21(12-23(27)14-22)19-7-4-8-25(13-19)32-17-24(31)16-30-10-9-18-5-2-3-6-20(18)15-30/h2-8,11-14,24,31H,9-10,15-17H2,1H3. The number of ether oxygens (including phenoxy) is 1. The van der Waals surface area contributed by atoms with E-state index in [4.69, 9.17) is 16.3 Å². The summed E-state index contributed by atoms with van der Waals surface area (Å²) < 4.78 is 33.4. The Morgan fingerprint density at radius 1 is 1.03 bits per heavy atom. The summed E-state index contributed by atoms with van der Waals surface area (Å²) in [6.07, 6.45) is 0.338. The molecule has 0 radical (unpaired) electrons. The van der Waals surface area contributed by atoms with Gasteiger partial charge in [0, 0.05) is 37.1 Å². The lowest BCUT2D eigenvalue weighted by Gasteiger charge is -2.30. The Kier molecular flexibility index (Phi) is 6.79. The highest BCUT2D eigenvalue weighted by atomic mass is 35.5. The molecule has 0 aromatic heterocycles. The summed E-state index contributed by atoms with van der Waals surface area (Å²) in [6, 6.07) is 19.9. The third kappa shape index (κ3) is 5.66. The zero-order valence-electron chi connectivity index (χ0n) is 17.9. The molecule has 6 heteroatoms. The van der Waals surface area contributed by atoms with Gasteiger partial charge in [0.1, 0.15) is 18.5 Å². The van der Waals surface area contributed by atoms with Crippen molar-refractivity contribution in [2.75, 3.05) is 19.7 Å². The highest BCUT2D eigenvalue weighted by molar-refractivity contribution is 6.31. The summed E-state index contributed by atoms with van der Waals surface area (Å²) in [4.78, 5) is 2.23. The molecular weight excluding hydrogens is 432 g/mol. The fraction of sp³-hybridized carbons (Fsp3) is 0.308. The van der Waals surface area contributed by atoms with Crippen LogP contribution < -0.4 is 4.74 Å². The molecule has 0 bridgehead atoms. The summed E-state index contributed by atoms with van der Waals surface area (Å²) in [7, 11) is 0. The Balaban J connectivity index is 1.38. The number of halogens is 3. The number of alkyl halides is 2. The van der Waals surface area contributed by atoms with Crippen LogP contribution in [0.1, 0.15) is 23.6 Å². The maximum atomic E-state index is 13.8. The number of aliphatic hydroxyl groups excluding tert-OH is 1. The highest BCUT2D eigenvalue weighted by Gasteiger charge is 2.25. The van der Waals surface area contributed by atoms with Crippen molar-refractivity contribution in [2.45, 2.75) is 31.9 Å². The van der Waals surface area contributed by atoms with Gasteiger partial charge >= 0.3 is 0 Å². The van der Waals surface area contributed by atoms with Crippen molar-refractivity contribution in [2.24, 2.45) is 0 Å². The van der Waals surface area contributed by atoms with E-state index in [1.807, 2.05) is 12.1 Å². The van der Waals surface area contributed by atoms with Gasteiger partial charge in [-0.15, -0.1) is 0 Å². The van der Waals surface area contributed by atoms with E-state index in [-0.39, 0.29) is 17.2 Å². The Morgan fingerprint density at radius 2 is 1.81 bits per heavy atom. The van der Waals surface area contributed by atoms with E-state index < -0.39 is 12.0 Å². The van der Waals surface area contributed by atoms with Crippen LogP contribution in [0.15, 0.2) is 66.7 Å². The van der Waals surface area contributed by atoms with Crippen LogP contribution in [0, 0.1) is 0 Å². The number of aliphatic hydroxyl groups is 1. The third-order valence-corrected chi connectivity index (χ3v) is 5.91. The molecule has 3 aromatic rings. The molecule has 4 rings (SSSR count). The Labute approximate surface area is 192 Å². The van der Waals surface area contributed by atoms with E-state index in [1.165, 1.54) is 23.3 Å². The van der Waals surface area contributed by atoms with Crippen molar-refractivity contribution in [1.29, 1.82) is 0 Å². The van der Waals surface area contributed by atoms with Gasteiger partial charge in [-0.25, -0.2) is 8.78 Å². The van der Waals surface area contributed by atoms with Crippen LogP contribution in [0.5, 0.6) is 5.75 Å². The maximum absolute atomic E-state index is 13.8. The normalized spacial score (nSPS) is 15.3. The molecule has 0 saturated heterocycles. The van der Waals surface area contributed by atoms with Crippen LogP contribution in [0.25, 0.3) is 11.1 Å². The highest BCUT2D eigenvalue weighted by Crippen LogP contribution is 2.34. The van der Waals surface area contributed by atoms with E-state index in [0.29, 0.717) is 17.9 Å². The van der Waals surface area contributed by atoms with Gasteiger partial charge in [-0.2, -0.15) is 0 Å². The molecule has 1 unspecified atom stereocenters. The number of fused-ring (bicyclic) bond motifs is 1. The molecule has 3 aromatic carbocycles. The summed E-state index contributed by atoms with van der Waals surface area (Å²) >= 11 is 6.07. The molecule has 3 nitrogen and oxygen atoms in total. The predicted molar refractivity (Wildman–Crippen MR) is 123 cm³/mol. The first kappa shape index (κ1) is 22.7. The Morgan fingerprint density at radius 3 is 2.59 bits per heavy atom. The molecular formula is C26H26ClF2NO2. The summed E-state index contributed by atoms with van der Waals surface area (Å²) in [5.41, 5.74) is 3.85. The first-order valence-corrected chi connectivity index (χ1v) is 11.0. The molecule has 168 valence electrons. The van der Waals surface area contributed by atoms with E-state index in [2.05, 4.69) is 23.1 Å². The summed E-state index contributed by atoms with van der Waals surface area (Å²) in [5, 5.41) is 10.7. The van der Waals surface area contributed by atoms with Crippen LogP contribution in [-0.2, 0) is 18.9 Å². The maximum Gasteiger partial charge on any atom is 0.270 e. The molecule has 0 amide bonds. The lowest BCUT2D eigenvalue weighted by Crippen LogP contribution is -2.38. The minimum absolute atomic E-state index is 0.134. The molecule has 32 heavy (non-hydrogen) atoms. The molecule has 1 aliphatic rings. The second kappa shape index (κ2) is 9.57. The van der Waals surface area contributed by atoms with Crippen molar-refractivity contribution >= 4 is 11.6 Å². The van der Waals surface area contributed by atoms with Crippen LogP contribution >= 0.6 is 11.6 Å². The van der Waals surface area contributed by atoms with Gasteiger partial charge in [-0.05, 0) is 59.0 Å². The van der Waals surface area contributed by atoms with Gasteiger partial charge < -0.3 is 9.84 Å². The fourth-order valence-corrected chi connectivity index (χ4v) is 4.26. The quantitative estimate of drug-likeness (QED) is 0.478. The van der Waals surface area contributed by atoms with Crippen molar-refractivity contribution in [3.8, 4) is 16.9 Å². The first-order valence-electron chi connectivity index (χ1n) is 10.7. The van der Waals surface area contributed by atoms with Crippen molar-refractivity contribution in [1.82, 2.24) is 4.90 Å². The molecule has 1 atom stereocenters. The summed E-state index contributed by atoms with van der Waals surface area (Å²) in [6.45, 7) is 3.25. The lowest BCUT2D eigenvalue weighted by atomic mass is 10.00. The lowest BCUT2D eigenvalue weighted by molar-refractivity contribution is 0.0175. The monoisotopic (exact) mass is 457 g/mol. The van der Waals surface area contributed by atoms with Gasteiger partial charge in [0.25, 0.3) is 5.92 Å². The van der Waals surface area contributed by atoms with E-state index >= 15 is 0 Å². The molecule has 1 aliphatic heterocycles. The second-order valence-corrected chi connectivity index (χ2v) is 8.80. The third-order valence-electron chi connectivity index (χ3n) is 5.69. The molecule has 0 fully saturated rings. The molecule has 0 saturated carbocycles. The number of rotatable bonds is 7. The zero-order valence-corrected chi connectivity index (χ0v) is 18.7. The van der Waals surface area contributed by atoms with Gasteiger partial charge in [0.15, 0.2) is 0 Å². The van der Waals surface area contributed by atoms with Crippen molar-refractivity contribution < 1.29 is 18.6 Å². The summed E-state index contributed by atoms with van der Waals surface area (Å²) in [5.74, 6) is -2.41. The Bertz CT molecular complexity index is 1080. The molecule has 1 heterocycles. The largest absolute Gasteiger partial charge is 0.491 e. The zero-order chi connectivity index (χ0) is 22.7. The van der Waals surface area contributed by atoms with Crippen LogP contribution in [0.3, 0.4) is 0 Å². The minimum atomic E-state index is -2.98. The average molecular weight is 458 g/mol. The molecule has 0 aliphatic carbocycles. The minimum Gasteiger partial charge on any atom is -0.491 e. The van der Waals surface area contributed by atoms with Gasteiger partial charge in [0.05, 0.1) is 0 Å². The smallest absolute Gasteiger partial charge is 0.270 e.